The molecule has 0 aliphatic carbocycles. The lowest BCUT2D eigenvalue weighted by atomic mass is 9.93. The summed E-state index contributed by atoms with van der Waals surface area (Å²) in [5.74, 6) is 0.655. The minimum Gasteiger partial charge on any atom is -0.394 e. The van der Waals surface area contributed by atoms with Crippen LogP contribution in [0, 0.1) is 0 Å². The Hall–Kier alpha value is -1.08. The Kier molecular flexibility index (Phi) is 6.30. The zero-order valence-electron chi connectivity index (χ0n) is 11.9. The molecule has 108 valence electrons. The molecule has 1 rings (SSSR count). The summed E-state index contributed by atoms with van der Waals surface area (Å²) in [5.41, 5.74) is 0.322. The van der Waals surface area contributed by atoms with Crippen LogP contribution in [0.3, 0.4) is 0 Å². The number of hydrogen-bond acceptors (Lipinski definition) is 6. The Morgan fingerprint density at radius 3 is 2.58 bits per heavy atom. The van der Waals surface area contributed by atoms with Crippen molar-refractivity contribution in [2.75, 3.05) is 34.0 Å². The molecule has 6 nitrogen and oxygen atoms in total. The molecule has 1 aromatic rings. The summed E-state index contributed by atoms with van der Waals surface area (Å²) in [7, 11) is 3.12. The topological polar surface area (TPSA) is 73.7 Å². The fourth-order valence-corrected chi connectivity index (χ4v) is 1.62. The van der Waals surface area contributed by atoms with Crippen molar-refractivity contribution in [1.29, 1.82) is 0 Å². The van der Waals surface area contributed by atoms with Crippen molar-refractivity contribution in [3.05, 3.63) is 23.8 Å². The number of nitrogens with zero attached hydrogens (tertiary/aromatic N) is 2. The van der Waals surface area contributed by atoms with Crippen LogP contribution >= 0.6 is 0 Å². The number of hydrogen-bond donors (Lipinski definition) is 1. The summed E-state index contributed by atoms with van der Waals surface area (Å²) in [4.78, 5) is 8.74. The van der Waals surface area contributed by atoms with Gasteiger partial charge in [-0.25, -0.2) is 9.97 Å². The summed E-state index contributed by atoms with van der Waals surface area (Å²) in [6.45, 7) is 4.71. The molecule has 1 heterocycles. The monoisotopic (exact) mass is 270 g/mol. The van der Waals surface area contributed by atoms with Gasteiger partial charge in [0.05, 0.1) is 25.5 Å². The first kappa shape index (κ1) is 16.0. The SMILES string of the molecule is COC(OC)c1ccnc(C(C)(C)COCCO)n1. The van der Waals surface area contributed by atoms with E-state index in [1.54, 1.807) is 26.5 Å². The fraction of sp³-hybridized carbons (Fsp3) is 0.692. The highest BCUT2D eigenvalue weighted by atomic mass is 16.7. The van der Waals surface area contributed by atoms with E-state index in [4.69, 9.17) is 19.3 Å². The molecule has 0 fully saturated rings. The molecular weight excluding hydrogens is 248 g/mol. The van der Waals surface area contributed by atoms with Gasteiger partial charge < -0.3 is 19.3 Å². The maximum absolute atomic E-state index is 8.73. The highest BCUT2D eigenvalue weighted by Crippen LogP contribution is 2.22. The van der Waals surface area contributed by atoms with Crippen LogP contribution in [0.5, 0.6) is 0 Å². The Morgan fingerprint density at radius 1 is 1.32 bits per heavy atom. The molecule has 1 N–H and O–H groups in total. The van der Waals surface area contributed by atoms with E-state index in [9.17, 15) is 0 Å². The van der Waals surface area contributed by atoms with E-state index in [-0.39, 0.29) is 12.0 Å². The number of aliphatic hydroxyl groups is 1. The van der Waals surface area contributed by atoms with Gasteiger partial charge in [-0.1, -0.05) is 13.8 Å². The van der Waals surface area contributed by atoms with E-state index in [1.165, 1.54) is 0 Å². The third-order valence-corrected chi connectivity index (χ3v) is 2.65. The van der Waals surface area contributed by atoms with E-state index in [1.807, 2.05) is 13.8 Å². The smallest absolute Gasteiger partial charge is 0.200 e. The Bertz CT molecular complexity index is 381. The molecule has 0 aliphatic heterocycles. The number of ether oxygens (including phenoxy) is 3. The van der Waals surface area contributed by atoms with Gasteiger partial charge in [0.15, 0.2) is 0 Å². The second kappa shape index (κ2) is 7.49. The normalized spacial score (nSPS) is 12.1. The van der Waals surface area contributed by atoms with Crippen LogP contribution in [0.4, 0.5) is 0 Å². The fourth-order valence-electron chi connectivity index (χ4n) is 1.62. The lowest BCUT2D eigenvalue weighted by molar-refractivity contribution is -0.108. The molecule has 0 atom stereocenters. The van der Waals surface area contributed by atoms with E-state index < -0.39 is 6.29 Å². The second-order valence-electron chi connectivity index (χ2n) is 4.77. The highest BCUT2D eigenvalue weighted by molar-refractivity contribution is 5.10. The summed E-state index contributed by atoms with van der Waals surface area (Å²) >= 11 is 0. The molecule has 19 heavy (non-hydrogen) atoms. The third-order valence-electron chi connectivity index (χ3n) is 2.65. The van der Waals surface area contributed by atoms with Crippen LogP contribution in [-0.2, 0) is 19.6 Å². The molecule has 0 aliphatic rings. The third kappa shape index (κ3) is 4.50. The minimum absolute atomic E-state index is 0.00635. The average molecular weight is 270 g/mol. The van der Waals surface area contributed by atoms with Crippen molar-refractivity contribution in [2.45, 2.75) is 25.6 Å². The van der Waals surface area contributed by atoms with Crippen LogP contribution in [0.2, 0.25) is 0 Å². The molecule has 0 saturated carbocycles. The Balaban J connectivity index is 2.85. The van der Waals surface area contributed by atoms with Gasteiger partial charge >= 0.3 is 0 Å². The van der Waals surface area contributed by atoms with Crippen molar-refractivity contribution in [3.8, 4) is 0 Å². The van der Waals surface area contributed by atoms with Gasteiger partial charge in [-0.05, 0) is 6.07 Å². The summed E-state index contributed by atoms with van der Waals surface area (Å²) < 4.78 is 15.7. The molecule has 0 radical (unpaired) electrons. The Labute approximate surface area is 113 Å². The number of aromatic nitrogens is 2. The zero-order valence-corrected chi connectivity index (χ0v) is 11.9. The van der Waals surface area contributed by atoms with Crippen LogP contribution in [-0.4, -0.2) is 49.1 Å². The lowest BCUT2D eigenvalue weighted by Gasteiger charge is -2.23. The van der Waals surface area contributed by atoms with E-state index in [2.05, 4.69) is 9.97 Å². The lowest BCUT2D eigenvalue weighted by Crippen LogP contribution is -2.28. The number of aliphatic hydroxyl groups excluding tert-OH is 1. The molecule has 0 aromatic carbocycles. The van der Waals surface area contributed by atoms with Gasteiger partial charge in [0.2, 0.25) is 6.29 Å². The zero-order chi connectivity index (χ0) is 14.3. The first-order chi connectivity index (χ1) is 9.05. The van der Waals surface area contributed by atoms with Gasteiger partial charge in [0.25, 0.3) is 0 Å². The van der Waals surface area contributed by atoms with Crippen LogP contribution in [0.15, 0.2) is 12.3 Å². The molecule has 0 amide bonds. The van der Waals surface area contributed by atoms with E-state index >= 15 is 0 Å². The first-order valence-electron chi connectivity index (χ1n) is 6.12. The predicted octanol–water partition coefficient (Wildman–Crippen LogP) is 1.05. The van der Waals surface area contributed by atoms with Crippen LogP contribution in [0.1, 0.15) is 31.7 Å². The average Bonchev–Trinajstić information content (AvgIpc) is 2.41. The van der Waals surface area contributed by atoms with E-state index in [0.29, 0.717) is 24.7 Å². The van der Waals surface area contributed by atoms with Crippen molar-refractivity contribution >= 4 is 0 Å². The maximum Gasteiger partial charge on any atom is 0.200 e. The van der Waals surface area contributed by atoms with Crippen LogP contribution in [0.25, 0.3) is 0 Å². The highest BCUT2D eigenvalue weighted by Gasteiger charge is 2.25. The Morgan fingerprint density at radius 2 is 2.00 bits per heavy atom. The summed E-state index contributed by atoms with van der Waals surface area (Å²) in [6.07, 6.45) is 1.17. The molecule has 6 heteroatoms. The molecule has 0 unspecified atom stereocenters. The molecule has 0 spiro atoms. The first-order valence-corrected chi connectivity index (χ1v) is 6.12. The van der Waals surface area contributed by atoms with Crippen molar-refractivity contribution in [1.82, 2.24) is 9.97 Å². The second-order valence-corrected chi connectivity index (χ2v) is 4.77. The minimum atomic E-state index is -0.504. The largest absolute Gasteiger partial charge is 0.394 e. The van der Waals surface area contributed by atoms with Crippen molar-refractivity contribution < 1.29 is 19.3 Å². The van der Waals surface area contributed by atoms with Crippen molar-refractivity contribution in [3.63, 3.8) is 0 Å². The van der Waals surface area contributed by atoms with Gasteiger partial charge in [0.1, 0.15) is 5.82 Å². The summed E-state index contributed by atoms with van der Waals surface area (Å²) in [6, 6.07) is 1.76. The van der Waals surface area contributed by atoms with Crippen LogP contribution < -0.4 is 0 Å². The van der Waals surface area contributed by atoms with Gasteiger partial charge in [-0.3, -0.25) is 0 Å². The number of rotatable bonds is 8. The molecule has 0 bridgehead atoms. The van der Waals surface area contributed by atoms with Gasteiger partial charge in [-0.2, -0.15) is 0 Å². The standard InChI is InChI=1S/C13H22N2O4/c1-13(2,9-19-8-7-16)12-14-6-5-10(15-12)11(17-3)18-4/h5-6,11,16H,7-9H2,1-4H3. The van der Waals surface area contributed by atoms with E-state index in [0.717, 1.165) is 0 Å². The van der Waals surface area contributed by atoms with Gasteiger partial charge in [0, 0.05) is 25.8 Å². The number of methoxy groups -OCH3 is 2. The molecular formula is C13H22N2O4. The molecule has 0 saturated heterocycles. The summed E-state index contributed by atoms with van der Waals surface area (Å²) in [5, 5.41) is 8.73. The predicted molar refractivity (Wildman–Crippen MR) is 69.7 cm³/mol. The quantitative estimate of drug-likeness (QED) is 0.562. The van der Waals surface area contributed by atoms with Crippen molar-refractivity contribution in [2.24, 2.45) is 0 Å². The van der Waals surface area contributed by atoms with Gasteiger partial charge in [-0.15, -0.1) is 0 Å². The maximum atomic E-state index is 8.73. The molecule has 1 aromatic heterocycles.